The van der Waals surface area contributed by atoms with Gasteiger partial charge in [-0.2, -0.15) is 0 Å². The number of hydrogen-bond donors (Lipinski definition) is 3. The highest BCUT2D eigenvalue weighted by atomic mass is 127. The molecule has 1 aromatic carbocycles. The molecule has 2 rings (SSSR count). The average molecular weight is 499 g/mol. The van der Waals surface area contributed by atoms with E-state index in [1.54, 1.807) is 12.1 Å². The number of guanidine groups is 1. The molecular formula is C20H30IN5O2. The van der Waals surface area contributed by atoms with Crippen LogP contribution in [-0.2, 0) is 19.4 Å². The lowest BCUT2D eigenvalue weighted by Crippen LogP contribution is -2.41. The maximum absolute atomic E-state index is 12.0. The smallest absolute Gasteiger partial charge is 0.251 e. The third kappa shape index (κ3) is 7.14. The van der Waals surface area contributed by atoms with Crippen molar-refractivity contribution >= 4 is 35.8 Å². The quantitative estimate of drug-likeness (QED) is 0.214. The zero-order valence-corrected chi connectivity index (χ0v) is 19.1. The van der Waals surface area contributed by atoms with Gasteiger partial charge in [-0.1, -0.05) is 37.2 Å². The van der Waals surface area contributed by atoms with E-state index >= 15 is 0 Å². The van der Waals surface area contributed by atoms with E-state index in [4.69, 9.17) is 4.52 Å². The Hall–Kier alpha value is -2.10. The summed E-state index contributed by atoms with van der Waals surface area (Å²) < 4.78 is 5.39. The number of aromatic nitrogens is 1. The molecule has 0 radical (unpaired) electrons. The van der Waals surface area contributed by atoms with E-state index in [1.165, 1.54) is 0 Å². The molecule has 0 aliphatic carbocycles. The highest BCUT2D eigenvalue weighted by Gasteiger charge is 2.13. The average Bonchev–Trinajstić information content (AvgIpc) is 3.11. The van der Waals surface area contributed by atoms with E-state index in [1.807, 2.05) is 32.0 Å². The number of aryl methyl sites for hydroxylation is 2. The molecule has 1 amide bonds. The third-order valence-corrected chi connectivity index (χ3v) is 4.09. The summed E-state index contributed by atoms with van der Waals surface area (Å²) in [4.78, 5) is 16.7. The molecule has 0 spiro atoms. The Morgan fingerprint density at radius 3 is 2.39 bits per heavy atom. The molecule has 0 unspecified atom stereocenters. The van der Waals surface area contributed by atoms with E-state index in [0.29, 0.717) is 31.2 Å². The van der Waals surface area contributed by atoms with Crippen molar-refractivity contribution in [3.63, 3.8) is 0 Å². The lowest BCUT2D eigenvalue weighted by molar-refractivity contribution is 0.0954. The lowest BCUT2D eigenvalue weighted by Gasteiger charge is -2.12. The van der Waals surface area contributed by atoms with E-state index in [0.717, 1.165) is 36.4 Å². The Bertz CT molecular complexity index is 725. The fraction of sp³-hybridized carbons (Fsp3) is 0.450. The molecule has 1 aromatic heterocycles. The molecule has 0 saturated heterocycles. The van der Waals surface area contributed by atoms with Gasteiger partial charge in [-0.05, 0) is 25.5 Å². The van der Waals surface area contributed by atoms with Crippen LogP contribution in [0.2, 0.25) is 0 Å². The van der Waals surface area contributed by atoms with Crippen LogP contribution in [0, 0.1) is 0 Å². The zero-order valence-electron chi connectivity index (χ0n) is 16.7. The fourth-order valence-corrected chi connectivity index (χ4v) is 2.67. The molecule has 0 saturated carbocycles. The molecule has 154 valence electrons. The molecule has 0 atom stereocenters. The van der Waals surface area contributed by atoms with Crippen LogP contribution in [0.4, 0.5) is 0 Å². The lowest BCUT2D eigenvalue weighted by atomic mass is 10.1. The summed E-state index contributed by atoms with van der Waals surface area (Å²) >= 11 is 0. The molecule has 28 heavy (non-hydrogen) atoms. The number of aliphatic imine (C=N–C) groups is 1. The summed E-state index contributed by atoms with van der Waals surface area (Å²) in [5.41, 5.74) is 2.68. The maximum atomic E-state index is 12.0. The monoisotopic (exact) mass is 499 g/mol. The number of nitrogens with zero attached hydrogens (tertiary/aromatic N) is 2. The van der Waals surface area contributed by atoms with Crippen molar-refractivity contribution in [2.75, 3.05) is 19.6 Å². The van der Waals surface area contributed by atoms with Crippen LogP contribution in [0.1, 0.15) is 48.1 Å². The van der Waals surface area contributed by atoms with Crippen LogP contribution in [0.15, 0.2) is 39.8 Å². The second kappa shape index (κ2) is 13.1. The zero-order chi connectivity index (χ0) is 19.5. The number of nitrogens with one attached hydrogen (secondary N) is 3. The number of halogens is 1. The van der Waals surface area contributed by atoms with E-state index < -0.39 is 0 Å². The van der Waals surface area contributed by atoms with Gasteiger partial charge in [0, 0.05) is 37.2 Å². The van der Waals surface area contributed by atoms with Crippen molar-refractivity contribution in [2.24, 2.45) is 4.99 Å². The number of carbonyl (C=O) groups is 1. The Morgan fingerprint density at radius 2 is 1.75 bits per heavy atom. The van der Waals surface area contributed by atoms with Gasteiger partial charge in [0.05, 0.1) is 12.2 Å². The maximum Gasteiger partial charge on any atom is 0.251 e. The minimum absolute atomic E-state index is 0. The second-order valence-corrected chi connectivity index (χ2v) is 5.98. The summed E-state index contributed by atoms with van der Waals surface area (Å²) in [7, 11) is 0. The first-order valence-corrected chi connectivity index (χ1v) is 9.51. The van der Waals surface area contributed by atoms with Crippen LogP contribution in [0.5, 0.6) is 0 Å². The second-order valence-electron chi connectivity index (χ2n) is 5.98. The molecular weight excluding hydrogens is 469 g/mol. The van der Waals surface area contributed by atoms with Crippen molar-refractivity contribution in [1.29, 1.82) is 0 Å². The van der Waals surface area contributed by atoms with Gasteiger partial charge in [-0.25, -0.2) is 4.99 Å². The minimum Gasteiger partial charge on any atom is -0.361 e. The van der Waals surface area contributed by atoms with Gasteiger partial charge in [-0.3, -0.25) is 4.79 Å². The Morgan fingerprint density at radius 1 is 1.04 bits per heavy atom. The number of benzene rings is 1. The van der Waals surface area contributed by atoms with Crippen LogP contribution in [0.3, 0.4) is 0 Å². The standard InChI is InChI=1S/C20H29N5O2.HI/c1-4-17-16(18(5-2)27-25-17)14-24-20(21-6-3)23-13-12-22-19(26)15-10-8-7-9-11-15;/h7-11H,4-6,12-14H2,1-3H3,(H,22,26)(H2,21,23,24);1H. The first-order chi connectivity index (χ1) is 13.2. The SMILES string of the molecule is CCNC(=NCc1c(CC)noc1CC)NCCNC(=O)c1ccccc1.I. The van der Waals surface area contributed by atoms with Crippen molar-refractivity contribution in [3.8, 4) is 0 Å². The predicted molar refractivity (Wildman–Crippen MR) is 122 cm³/mol. The van der Waals surface area contributed by atoms with Gasteiger partial charge in [0.25, 0.3) is 5.91 Å². The summed E-state index contributed by atoms with van der Waals surface area (Å²) in [6.45, 7) is 8.48. The van der Waals surface area contributed by atoms with Crippen molar-refractivity contribution in [3.05, 3.63) is 52.9 Å². The van der Waals surface area contributed by atoms with Crippen LogP contribution < -0.4 is 16.0 Å². The number of rotatable bonds is 9. The molecule has 8 heteroatoms. The van der Waals surface area contributed by atoms with E-state index in [2.05, 4.69) is 33.0 Å². The van der Waals surface area contributed by atoms with Gasteiger partial charge >= 0.3 is 0 Å². The Kier molecular flexibility index (Phi) is 11.2. The van der Waals surface area contributed by atoms with Gasteiger partial charge in [0.15, 0.2) is 5.96 Å². The predicted octanol–water partition coefficient (Wildman–Crippen LogP) is 2.90. The molecule has 3 N–H and O–H groups in total. The highest BCUT2D eigenvalue weighted by Crippen LogP contribution is 2.16. The molecule has 7 nitrogen and oxygen atoms in total. The summed E-state index contributed by atoms with van der Waals surface area (Å²) in [6, 6.07) is 9.18. The molecule has 0 aliphatic heterocycles. The molecule has 2 aromatic rings. The van der Waals surface area contributed by atoms with Gasteiger partial charge in [0.2, 0.25) is 0 Å². The van der Waals surface area contributed by atoms with Crippen LogP contribution >= 0.6 is 24.0 Å². The topological polar surface area (TPSA) is 91.6 Å². The first kappa shape index (κ1) is 23.9. The molecule has 0 bridgehead atoms. The first-order valence-electron chi connectivity index (χ1n) is 9.51. The molecule has 1 heterocycles. The van der Waals surface area contributed by atoms with Crippen molar-refractivity contribution in [1.82, 2.24) is 21.1 Å². The number of amides is 1. The molecule has 0 fully saturated rings. The molecule has 0 aliphatic rings. The third-order valence-electron chi connectivity index (χ3n) is 4.09. The normalized spacial score (nSPS) is 10.9. The highest BCUT2D eigenvalue weighted by molar-refractivity contribution is 14.0. The van der Waals surface area contributed by atoms with E-state index in [-0.39, 0.29) is 29.9 Å². The van der Waals surface area contributed by atoms with Gasteiger partial charge in [-0.15, -0.1) is 24.0 Å². The number of carbonyl (C=O) groups excluding carboxylic acids is 1. The summed E-state index contributed by atoms with van der Waals surface area (Å²) in [5.74, 6) is 1.52. The summed E-state index contributed by atoms with van der Waals surface area (Å²) in [6.07, 6.45) is 1.62. The van der Waals surface area contributed by atoms with Gasteiger partial charge < -0.3 is 20.5 Å². The number of hydrogen-bond acceptors (Lipinski definition) is 4. The minimum atomic E-state index is -0.0796. The summed E-state index contributed by atoms with van der Waals surface area (Å²) in [5, 5.41) is 13.5. The van der Waals surface area contributed by atoms with E-state index in [9.17, 15) is 4.79 Å². The Balaban J connectivity index is 0.00000392. The van der Waals surface area contributed by atoms with Crippen LogP contribution in [0.25, 0.3) is 0 Å². The van der Waals surface area contributed by atoms with Crippen molar-refractivity contribution < 1.29 is 9.32 Å². The van der Waals surface area contributed by atoms with Crippen molar-refractivity contribution in [2.45, 2.75) is 40.2 Å². The van der Waals surface area contributed by atoms with Crippen LogP contribution in [-0.4, -0.2) is 36.7 Å². The van der Waals surface area contributed by atoms with Gasteiger partial charge in [0.1, 0.15) is 5.76 Å². The largest absolute Gasteiger partial charge is 0.361 e. The fourth-order valence-electron chi connectivity index (χ4n) is 2.67. The Labute approximate surface area is 183 Å².